The number of hydrogen-bond acceptors (Lipinski definition) is 1. The molecule has 0 unspecified atom stereocenters. The third kappa shape index (κ3) is 3.85. The summed E-state index contributed by atoms with van der Waals surface area (Å²) in [4.78, 5) is 0. The molecule has 0 aliphatic heterocycles. The zero-order chi connectivity index (χ0) is 18.9. The fraction of sp³-hybridized carbons (Fsp3) is 0.100. The van der Waals surface area contributed by atoms with Gasteiger partial charge in [-0.2, -0.15) is 4.39 Å². The second-order valence-corrected chi connectivity index (χ2v) is 5.73. The smallest absolute Gasteiger partial charge is 0.403 e. The molecule has 0 fully saturated rings. The van der Waals surface area contributed by atoms with Crippen LogP contribution in [0.1, 0.15) is 5.56 Å². The lowest BCUT2D eigenvalue weighted by molar-refractivity contribution is -0.275. The minimum atomic E-state index is -5.09. The lowest BCUT2D eigenvalue weighted by atomic mass is 9.99. The molecule has 0 atom stereocenters. The van der Waals surface area contributed by atoms with Crippen molar-refractivity contribution in [1.29, 1.82) is 0 Å². The Morgan fingerprint density at radius 3 is 1.69 bits per heavy atom. The lowest BCUT2D eigenvalue weighted by Crippen LogP contribution is -2.18. The number of hydrogen-bond donors (Lipinski definition) is 0. The molecule has 134 valence electrons. The molecule has 3 aromatic carbocycles. The highest BCUT2D eigenvalue weighted by atomic mass is 19.4. The number of benzene rings is 3. The average Bonchev–Trinajstić information content (AvgIpc) is 2.59. The largest absolute Gasteiger partial charge is 0.573 e. The minimum absolute atomic E-state index is 0.146. The van der Waals surface area contributed by atoms with Crippen LogP contribution >= 0.6 is 0 Å². The number of halogens is 5. The van der Waals surface area contributed by atoms with E-state index < -0.39 is 23.7 Å². The quantitative estimate of drug-likeness (QED) is 0.482. The molecule has 0 heterocycles. The summed E-state index contributed by atoms with van der Waals surface area (Å²) in [5, 5.41) is 0. The number of aryl methyl sites for hydroxylation is 1. The summed E-state index contributed by atoms with van der Waals surface area (Å²) in [7, 11) is 0. The molecule has 0 radical (unpaired) electrons. The van der Waals surface area contributed by atoms with E-state index in [4.69, 9.17) is 0 Å². The van der Waals surface area contributed by atoms with Crippen LogP contribution in [-0.4, -0.2) is 6.36 Å². The van der Waals surface area contributed by atoms with Gasteiger partial charge >= 0.3 is 6.36 Å². The van der Waals surface area contributed by atoms with Gasteiger partial charge in [0.25, 0.3) is 0 Å². The van der Waals surface area contributed by atoms with E-state index in [1.165, 1.54) is 0 Å². The minimum Gasteiger partial charge on any atom is -0.403 e. The molecule has 0 amide bonds. The summed E-state index contributed by atoms with van der Waals surface area (Å²) >= 11 is 0. The van der Waals surface area contributed by atoms with Gasteiger partial charge in [0.2, 0.25) is 5.82 Å². The second kappa shape index (κ2) is 6.78. The van der Waals surface area contributed by atoms with Gasteiger partial charge in [0.1, 0.15) is 0 Å². The molecule has 0 saturated carbocycles. The molecule has 6 heteroatoms. The summed E-state index contributed by atoms with van der Waals surface area (Å²) in [6.07, 6.45) is -5.09. The summed E-state index contributed by atoms with van der Waals surface area (Å²) in [5.41, 5.74) is 3.15. The van der Waals surface area contributed by atoms with Crippen LogP contribution in [0.3, 0.4) is 0 Å². The Morgan fingerprint density at radius 2 is 1.15 bits per heavy atom. The SMILES string of the molecule is Cc1ccc(-c2ccc(-c3ccc(OC(F)(F)F)c(F)c3F)cc2)cc1. The monoisotopic (exact) mass is 364 g/mol. The molecule has 1 nitrogen and oxygen atoms in total. The first-order chi connectivity index (χ1) is 12.2. The predicted molar refractivity (Wildman–Crippen MR) is 88.7 cm³/mol. The van der Waals surface area contributed by atoms with Crippen molar-refractivity contribution >= 4 is 0 Å². The fourth-order valence-electron chi connectivity index (χ4n) is 2.55. The highest BCUT2D eigenvalue weighted by Gasteiger charge is 2.33. The topological polar surface area (TPSA) is 9.23 Å². The maximum atomic E-state index is 14.2. The highest BCUT2D eigenvalue weighted by Crippen LogP contribution is 2.33. The van der Waals surface area contributed by atoms with E-state index in [0.717, 1.165) is 28.8 Å². The van der Waals surface area contributed by atoms with Crippen LogP contribution in [0, 0.1) is 18.6 Å². The first kappa shape index (κ1) is 17.9. The van der Waals surface area contributed by atoms with E-state index >= 15 is 0 Å². The van der Waals surface area contributed by atoms with Crippen LogP contribution in [0.2, 0.25) is 0 Å². The molecule has 0 N–H and O–H groups in total. The molecular weight excluding hydrogens is 351 g/mol. The van der Waals surface area contributed by atoms with Crippen LogP contribution in [-0.2, 0) is 0 Å². The van der Waals surface area contributed by atoms with Crippen molar-refractivity contribution in [3.63, 3.8) is 0 Å². The van der Waals surface area contributed by atoms with E-state index in [-0.39, 0.29) is 5.56 Å². The van der Waals surface area contributed by atoms with Crippen molar-refractivity contribution in [1.82, 2.24) is 0 Å². The summed E-state index contributed by atoms with van der Waals surface area (Å²) in [5.74, 6) is -4.27. The van der Waals surface area contributed by atoms with Gasteiger partial charge < -0.3 is 4.74 Å². The van der Waals surface area contributed by atoms with Crippen molar-refractivity contribution in [3.05, 3.63) is 77.9 Å². The van der Waals surface area contributed by atoms with E-state index in [1.807, 2.05) is 31.2 Å². The molecule has 0 aliphatic carbocycles. The van der Waals surface area contributed by atoms with Crippen molar-refractivity contribution < 1.29 is 26.7 Å². The summed E-state index contributed by atoms with van der Waals surface area (Å²) in [6, 6.07) is 16.2. The Hall–Kier alpha value is -2.89. The molecule has 0 spiro atoms. The van der Waals surface area contributed by atoms with Gasteiger partial charge in [0, 0.05) is 5.56 Å². The maximum absolute atomic E-state index is 14.2. The third-order valence-electron chi connectivity index (χ3n) is 3.85. The van der Waals surface area contributed by atoms with Crippen molar-refractivity contribution in [2.45, 2.75) is 13.3 Å². The van der Waals surface area contributed by atoms with Gasteiger partial charge in [-0.15, -0.1) is 13.2 Å². The molecule has 26 heavy (non-hydrogen) atoms. The van der Waals surface area contributed by atoms with Crippen LogP contribution in [0.25, 0.3) is 22.3 Å². The summed E-state index contributed by atoms with van der Waals surface area (Å²) in [6.45, 7) is 1.97. The zero-order valence-corrected chi connectivity index (χ0v) is 13.6. The second-order valence-electron chi connectivity index (χ2n) is 5.73. The molecule has 0 aliphatic rings. The van der Waals surface area contributed by atoms with Crippen molar-refractivity contribution in [3.8, 4) is 28.0 Å². The van der Waals surface area contributed by atoms with E-state index in [9.17, 15) is 22.0 Å². The Morgan fingerprint density at radius 1 is 0.654 bits per heavy atom. The van der Waals surface area contributed by atoms with Crippen LogP contribution in [0.5, 0.6) is 5.75 Å². The van der Waals surface area contributed by atoms with E-state index in [0.29, 0.717) is 5.56 Å². The normalized spacial score (nSPS) is 11.5. The molecule has 0 aromatic heterocycles. The maximum Gasteiger partial charge on any atom is 0.573 e. The highest BCUT2D eigenvalue weighted by molar-refractivity contribution is 5.71. The van der Waals surface area contributed by atoms with Gasteiger partial charge in [-0.25, -0.2) is 4.39 Å². The van der Waals surface area contributed by atoms with Crippen LogP contribution in [0.4, 0.5) is 22.0 Å². The third-order valence-corrected chi connectivity index (χ3v) is 3.85. The van der Waals surface area contributed by atoms with Crippen LogP contribution < -0.4 is 4.74 Å². The van der Waals surface area contributed by atoms with Crippen molar-refractivity contribution in [2.75, 3.05) is 0 Å². The van der Waals surface area contributed by atoms with Crippen LogP contribution in [0.15, 0.2) is 60.7 Å². The fourth-order valence-corrected chi connectivity index (χ4v) is 2.55. The Kier molecular flexibility index (Phi) is 4.68. The Bertz CT molecular complexity index is 913. The predicted octanol–water partition coefficient (Wildman–Crippen LogP) is 6.51. The average molecular weight is 364 g/mol. The zero-order valence-electron chi connectivity index (χ0n) is 13.6. The van der Waals surface area contributed by atoms with E-state index in [1.54, 1.807) is 24.3 Å². The standard InChI is InChI=1S/C20H13F5O/c1-12-2-4-13(5-3-12)14-6-8-15(9-7-14)16-10-11-17(19(22)18(16)21)26-20(23,24)25/h2-11H,1H3. The first-order valence-corrected chi connectivity index (χ1v) is 7.66. The summed E-state index contributed by atoms with van der Waals surface area (Å²) < 4.78 is 68.1. The van der Waals surface area contributed by atoms with Gasteiger partial charge in [0.05, 0.1) is 0 Å². The molecule has 3 rings (SSSR count). The molecule has 0 bridgehead atoms. The van der Waals surface area contributed by atoms with Crippen molar-refractivity contribution in [2.24, 2.45) is 0 Å². The van der Waals surface area contributed by atoms with E-state index in [2.05, 4.69) is 4.74 Å². The number of alkyl halides is 3. The Balaban J connectivity index is 1.92. The Labute approximate surface area is 146 Å². The molecule has 3 aromatic rings. The van der Waals surface area contributed by atoms with Gasteiger partial charge in [-0.3, -0.25) is 0 Å². The molecular formula is C20H13F5O. The van der Waals surface area contributed by atoms with Gasteiger partial charge in [-0.05, 0) is 35.7 Å². The van der Waals surface area contributed by atoms with Gasteiger partial charge in [-0.1, -0.05) is 54.1 Å². The number of rotatable bonds is 3. The lowest BCUT2D eigenvalue weighted by Gasteiger charge is -2.12. The van der Waals surface area contributed by atoms with Gasteiger partial charge in [0.15, 0.2) is 11.6 Å². The molecule has 0 saturated heterocycles. The number of ether oxygens (including phenoxy) is 1. The first-order valence-electron chi connectivity index (χ1n) is 7.66.